The van der Waals surface area contributed by atoms with Crippen molar-refractivity contribution < 1.29 is 0 Å². The van der Waals surface area contributed by atoms with Crippen molar-refractivity contribution in [3.05, 3.63) is 34.8 Å². The van der Waals surface area contributed by atoms with Crippen LogP contribution >= 0.6 is 11.3 Å². The molecule has 0 saturated carbocycles. The second kappa shape index (κ2) is 9.66. The molecule has 5 heteroatoms. The second-order valence-corrected chi connectivity index (χ2v) is 6.16. The molecule has 22 heavy (non-hydrogen) atoms. The van der Waals surface area contributed by atoms with Crippen LogP contribution in [0.4, 0.5) is 0 Å². The summed E-state index contributed by atoms with van der Waals surface area (Å²) < 4.78 is 0. The number of thiazole rings is 1. The third-order valence-corrected chi connectivity index (χ3v) is 4.63. The minimum Gasteiger partial charge on any atom is -0.316 e. The van der Waals surface area contributed by atoms with E-state index >= 15 is 0 Å². The Bertz CT molecular complexity index is 522. The summed E-state index contributed by atoms with van der Waals surface area (Å²) in [7, 11) is 0. The van der Waals surface area contributed by atoms with Gasteiger partial charge in [0.2, 0.25) is 0 Å². The quantitative estimate of drug-likeness (QED) is 0.684. The van der Waals surface area contributed by atoms with Crippen LogP contribution in [-0.4, -0.2) is 47.6 Å². The summed E-state index contributed by atoms with van der Waals surface area (Å²) in [4.78, 5) is 11.5. The van der Waals surface area contributed by atoms with Crippen LogP contribution in [0.2, 0.25) is 0 Å². The molecule has 0 aliphatic heterocycles. The van der Waals surface area contributed by atoms with Crippen molar-refractivity contribution >= 4 is 11.3 Å². The van der Waals surface area contributed by atoms with Gasteiger partial charge in [-0.1, -0.05) is 19.9 Å². The molecule has 4 nitrogen and oxygen atoms in total. The molecule has 2 heterocycles. The fraction of sp³-hybridized carbons (Fsp3) is 0.529. The largest absolute Gasteiger partial charge is 0.316 e. The van der Waals surface area contributed by atoms with Crippen molar-refractivity contribution in [3.8, 4) is 11.4 Å². The van der Waals surface area contributed by atoms with Crippen LogP contribution in [0, 0.1) is 0 Å². The number of rotatable bonds is 10. The molecule has 0 bridgehead atoms. The smallest absolute Gasteiger partial charge is 0.0998 e. The summed E-state index contributed by atoms with van der Waals surface area (Å²) in [5.74, 6) is 0. The predicted octanol–water partition coefficient (Wildman–Crippen LogP) is 3.07. The molecular formula is C17H26N4S. The van der Waals surface area contributed by atoms with Gasteiger partial charge in [0.15, 0.2) is 0 Å². The summed E-state index contributed by atoms with van der Waals surface area (Å²) in [5, 5.41) is 6.78. The highest BCUT2D eigenvalue weighted by atomic mass is 32.1. The van der Waals surface area contributed by atoms with Crippen molar-refractivity contribution in [2.24, 2.45) is 0 Å². The number of pyridine rings is 1. The van der Waals surface area contributed by atoms with E-state index in [2.05, 4.69) is 39.4 Å². The Morgan fingerprint density at radius 2 is 2.00 bits per heavy atom. The summed E-state index contributed by atoms with van der Waals surface area (Å²) >= 11 is 1.72. The van der Waals surface area contributed by atoms with Gasteiger partial charge < -0.3 is 10.2 Å². The lowest BCUT2D eigenvalue weighted by Crippen LogP contribution is -2.27. The summed E-state index contributed by atoms with van der Waals surface area (Å²) in [6, 6.07) is 5.93. The normalized spacial score (nSPS) is 11.2. The Labute approximate surface area is 137 Å². The van der Waals surface area contributed by atoms with Gasteiger partial charge in [-0.05, 0) is 44.7 Å². The lowest BCUT2D eigenvalue weighted by atomic mass is 10.3. The first-order valence-electron chi connectivity index (χ1n) is 8.12. The number of aromatic nitrogens is 2. The van der Waals surface area contributed by atoms with Crippen molar-refractivity contribution in [2.75, 3.05) is 32.7 Å². The Morgan fingerprint density at radius 3 is 2.73 bits per heavy atom. The van der Waals surface area contributed by atoms with Gasteiger partial charge in [0.05, 0.1) is 16.4 Å². The van der Waals surface area contributed by atoms with E-state index in [4.69, 9.17) is 0 Å². The van der Waals surface area contributed by atoms with Gasteiger partial charge in [-0.25, -0.2) is 4.98 Å². The molecule has 0 unspecified atom stereocenters. The zero-order valence-electron chi connectivity index (χ0n) is 13.6. The van der Waals surface area contributed by atoms with E-state index in [-0.39, 0.29) is 0 Å². The first-order valence-corrected chi connectivity index (χ1v) is 9.00. The van der Waals surface area contributed by atoms with E-state index in [1.165, 1.54) is 18.0 Å². The molecule has 0 amide bonds. The molecule has 2 rings (SSSR count). The average Bonchev–Trinajstić information content (AvgIpc) is 3.04. The van der Waals surface area contributed by atoms with Crippen LogP contribution in [0.3, 0.4) is 0 Å². The Kier molecular flexibility index (Phi) is 7.49. The van der Waals surface area contributed by atoms with Crippen LogP contribution in [0.1, 0.15) is 25.3 Å². The summed E-state index contributed by atoms with van der Waals surface area (Å²) in [6.45, 7) is 9.98. The summed E-state index contributed by atoms with van der Waals surface area (Å²) in [5.41, 5.74) is 1.94. The van der Waals surface area contributed by atoms with E-state index in [1.54, 1.807) is 11.3 Å². The van der Waals surface area contributed by atoms with Crippen LogP contribution in [0.25, 0.3) is 11.4 Å². The van der Waals surface area contributed by atoms with Crippen LogP contribution in [-0.2, 0) is 6.42 Å². The minimum absolute atomic E-state index is 0.956. The van der Waals surface area contributed by atoms with Gasteiger partial charge in [0.25, 0.3) is 0 Å². The first-order chi connectivity index (χ1) is 10.8. The zero-order chi connectivity index (χ0) is 15.6. The number of hydrogen-bond donors (Lipinski definition) is 1. The fourth-order valence-corrected chi connectivity index (χ4v) is 3.14. The van der Waals surface area contributed by atoms with Crippen LogP contribution < -0.4 is 5.32 Å². The van der Waals surface area contributed by atoms with Crippen molar-refractivity contribution in [1.82, 2.24) is 20.2 Å². The molecule has 0 aliphatic carbocycles. The molecule has 2 aromatic heterocycles. The predicted molar refractivity (Wildman–Crippen MR) is 94.3 cm³/mol. The minimum atomic E-state index is 0.956. The first kappa shape index (κ1) is 17.1. The molecule has 0 aromatic carbocycles. The second-order valence-electron chi connectivity index (χ2n) is 5.22. The lowest BCUT2D eigenvalue weighted by molar-refractivity contribution is 0.298. The highest BCUT2D eigenvalue weighted by molar-refractivity contribution is 7.09. The average molecular weight is 318 g/mol. The van der Waals surface area contributed by atoms with Gasteiger partial charge in [-0.3, -0.25) is 4.98 Å². The molecule has 1 N–H and O–H groups in total. The topological polar surface area (TPSA) is 41.0 Å². The molecule has 2 aromatic rings. The number of nitrogens with zero attached hydrogens (tertiary/aromatic N) is 3. The van der Waals surface area contributed by atoms with E-state index in [9.17, 15) is 0 Å². The third-order valence-electron chi connectivity index (χ3n) is 3.72. The highest BCUT2D eigenvalue weighted by Gasteiger charge is 2.05. The molecule has 120 valence electrons. The molecular weight excluding hydrogens is 292 g/mol. The zero-order valence-corrected chi connectivity index (χ0v) is 14.4. The number of nitrogens with one attached hydrogen (secondary N) is 1. The third kappa shape index (κ3) is 5.48. The molecule has 0 radical (unpaired) electrons. The maximum atomic E-state index is 4.66. The SMILES string of the molecule is CCN(CC)CCCNCCc1nc(-c2ccccn2)cs1. The van der Waals surface area contributed by atoms with Crippen molar-refractivity contribution in [2.45, 2.75) is 26.7 Å². The van der Waals surface area contributed by atoms with Crippen LogP contribution in [0.5, 0.6) is 0 Å². The van der Waals surface area contributed by atoms with Gasteiger partial charge >= 0.3 is 0 Å². The fourth-order valence-electron chi connectivity index (χ4n) is 2.35. The van der Waals surface area contributed by atoms with E-state index < -0.39 is 0 Å². The Hall–Kier alpha value is -1.30. The summed E-state index contributed by atoms with van der Waals surface area (Å²) in [6.07, 6.45) is 4.01. The van der Waals surface area contributed by atoms with Crippen molar-refractivity contribution in [3.63, 3.8) is 0 Å². The monoisotopic (exact) mass is 318 g/mol. The lowest BCUT2D eigenvalue weighted by Gasteiger charge is -2.17. The highest BCUT2D eigenvalue weighted by Crippen LogP contribution is 2.19. The van der Waals surface area contributed by atoms with Gasteiger partial charge in [0, 0.05) is 24.5 Å². The van der Waals surface area contributed by atoms with Crippen molar-refractivity contribution in [1.29, 1.82) is 0 Å². The van der Waals surface area contributed by atoms with Gasteiger partial charge in [0.1, 0.15) is 0 Å². The standard InChI is InChI=1S/C17H26N4S/c1-3-21(4-2)13-7-10-18-12-9-17-20-16(14-22-17)15-8-5-6-11-19-15/h5-6,8,11,14,18H,3-4,7,9-10,12-13H2,1-2H3. The van der Waals surface area contributed by atoms with Crippen LogP contribution in [0.15, 0.2) is 29.8 Å². The Balaban J connectivity index is 1.65. The molecule has 0 atom stereocenters. The maximum Gasteiger partial charge on any atom is 0.0998 e. The molecule has 0 fully saturated rings. The number of hydrogen-bond acceptors (Lipinski definition) is 5. The molecule has 0 aliphatic rings. The van der Waals surface area contributed by atoms with Gasteiger partial charge in [-0.2, -0.15) is 0 Å². The van der Waals surface area contributed by atoms with E-state index in [0.29, 0.717) is 0 Å². The Morgan fingerprint density at radius 1 is 1.14 bits per heavy atom. The van der Waals surface area contributed by atoms with Gasteiger partial charge in [-0.15, -0.1) is 11.3 Å². The molecule has 0 saturated heterocycles. The van der Waals surface area contributed by atoms with E-state index in [0.717, 1.165) is 44.0 Å². The maximum absolute atomic E-state index is 4.66. The van der Waals surface area contributed by atoms with E-state index in [1.807, 2.05) is 24.4 Å². The molecule has 0 spiro atoms.